The highest BCUT2D eigenvalue weighted by atomic mass is 35.5. The number of furan rings is 1. The van der Waals surface area contributed by atoms with E-state index in [-0.39, 0.29) is 10.1 Å². The summed E-state index contributed by atoms with van der Waals surface area (Å²) in [4.78, 5) is 11.5. The summed E-state index contributed by atoms with van der Waals surface area (Å²) in [5.74, 6) is 0.355. The van der Waals surface area contributed by atoms with E-state index in [4.69, 9.17) is 20.4 Å². The van der Waals surface area contributed by atoms with Crippen molar-refractivity contribution in [2.75, 3.05) is 0 Å². The Morgan fingerprint density at radius 2 is 2.08 bits per heavy atom. The number of hydrogen-bond donors (Lipinski definition) is 1. The van der Waals surface area contributed by atoms with Gasteiger partial charge in [0.15, 0.2) is 0 Å². The van der Waals surface area contributed by atoms with Crippen molar-refractivity contribution in [3.05, 3.63) is 57.5 Å². The van der Waals surface area contributed by atoms with Gasteiger partial charge in [-0.15, -0.1) is 10.2 Å². The van der Waals surface area contributed by atoms with Gasteiger partial charge in [0.25, 0.3) is 5.22 Å². The van der Waals surface area contributed by atoms with Gasteiger partial charge in [0.1, 0.15) is 16.4 Å². The molecule has 0 fully saturated rings. The molecule has 3 rings (SSSR count). The number of carboxylic acid groups (broad SMARTS) is 1. The lowest BCUT2D eigenvalue weighted by Gasteiger charge is -2.03. The van der Waals surface area contributed by atoms with Gasteiger partial charge in [-0.25, -0.2) is 4.79 Å². The molecular weight excluding hydrogens is 376 g/mol. The molecule has 0 aliphatic carbocycles. The Bertz CT molecular complexity index is 977. The number of aliphatic carboxylic acids is 1. The van der Waals surface area contributed by atoms with Crippen LogP contribution in [0.15, 0.2) is 49.3 Å². The Hall–Kier alpha value is -2.51. The first-order valence-corrected chi connectivity index (χ1v) is 8.97. The molecule has 0 unspecified atom stereocenters. The van der Waals surface area contributed by atoms with E-state index in [0.717, 1.165) is 22.9 Å². The van der Waals surface area contributed by atoms with Crippen molar-refractivity contribution in [2.24, 2.45) is 0 Å². The Balaban J connectivity index is 1.88. The van der Waals surface area contributed by atoms with Gasteiger partial charge >= 0.3 is 5.97 Å². The summed E-state index contributed by atoms with van der Waals surface area (Å²) < 4.78 is 11.1. The number of thioether (sulfide) groups is 1. The maximum atomic E-state index is 11.5. The number of nitrogens with zero attached hydrogens (tertiary/aromatic N) is 2. The third-order valence-electron chi connectivity index (χ3n) is 3.52. The van der Waals surface area contributed by atoms with Gasteiger partial charge in [-0.1, -0.05) is 24.6 Å². The highest BCUT2D eigenvalue weighted by molar-refractivity contribution is 8.03. The SMILES string of the molecule is CCc1nnc(S/C(=C\c2ccc(-c3cc(Cl)ccc3C)o2)C(=O)O)o1. The minimum Gasteiger partial charge on any atom is -0.477 e. The number of carbonyl (C=O) groups is 1. The molecule has 0 amide bonds. The standard InChI is InChI=1S/C18H15ClN2O4S/c1-3-16-20-21-18(25-16)26-15(17(22)23)9-12-6-7-14(24-12)13-8-11(19)5-4-10(13)2/h4-9H,3H2,1-2H3,(H,22,23)/b15-9-. The molecule has 2 heterocycles. The van der Waals surface area contributed by atoms with Crippen LogP contribution in [0.25, 0.3) is 17.4 Å². The second kappa shape index (κ2) is 7.80. The van der Waals surface area contributed by atoms with E-state index < -0.39 is 5.97 Å². The lowest BCUT2D eigenvalue weighted by Crippen LogP contribution is -1.96. The zero-order valence-electron chi connectivity index (χ0n) is 14.0. The summed E-state index contributed by atoms with van der Waals surface area (Å²) in [6, 6.07) is 8.98. The molecule has 0 atom stereocenters. The van der Waals surface area contributed by atoms with E-state index in [1.165, 1.54) is 6.08 Å². The lowest BCUT2D eigenvalue weighted by molar-refractivity contribution is -0.131. The van der Waals surface area contributed by atoms with E-state index in [1.807, 2.05) is 19.9 Å². The number of hydrogen-bond acceptors (Lipinski definition) is 6. The molecule has 0 saturated heterocycles. The lowest BCUT2D eigenvalue weighted by atomic mass is 10.1. The van der Waals surface area contributed by atoms with Crippen LogP contribution in [0.2, 0.25) is 5.02 Å². The molecule has 0 radical (unpaired) electrons. The van der Waals surface area contributed by atoms with E-state index >= 15 is 0 Å². The second-order valence-corrected chi connectivity index (χ2v) is 6.82. The van der Waals surface area contributed by atoms with Crippen LogP contribution in [0.1, 0.15) is 24.1 Å². The van der Waals surface area contributed by atoms with Gasteiger partial charge in [0.05, 0.1) is 0 Å². The Morgan fingerprint density at radius 3 is 2.77 bits per heavy atom. The third kappa shape index (κ3) is 4.17. The molecule has 1 N–H and O–H groups in total. The molecule has 1 aromatic carbocycles. The number of aryl methyl sites for hydroxylation is 2. The van der Waals surface area contributed by atoms with Crippen LogP contribution in [0.3, 0.4) is 0 Å². The van der Waals surface area contributed by atoms with E-state index in [0.29, 0.717) is 28.9 Å². The zero-order chi connectivity index (χ0) is 18.7. The van der Waals surface area contributed by atoms with Crippen molar-refractivity contribution in [2.45, 2.75) is 25.5 Å². The zero-order valence-corrected chi connectivity index (χ0v) is 15.6. The van der Waals surface area contributed by atoms with Gasteiger partial charge in [0, 0.05) is 23.1 Å². The topological polar surface area (TPSA) is 89.4 Å². The monoisotopic (exact) mass is 390 g/mol. The minimum atomic E-state index is -1.11. The molecule has 0 spiro atoms. The number of carboxylic acids is 1. The summed E-state index contributed by atoms with van der Waals surface area (Å²) in [6.07, 6.45) is 2.01. The van der Waals surface area contributed by atoms with Crippen molar-refractivity contribution in [3.63, 3.8) is 0 Å². The first kappa shape index (κ1) is 18.3. The second-order valence-electron chi connectivity index (χ2n) is 5.39. The Labute approximate surface area is 158 Å². The molecule has 26 heavy (non-hydrogen) atoms. The predicted molar refractivity (Wildman–Crippen MR) is 99.0 cm³/mol. The first-order chi connectivity index (χ1) is 12.5. The van der Waals surface area contributed by atoms with Crippen LogP contribution in [0, 0.1) is 6.92 Å². The average molecular weight is 391 g/mol. The fraction of sp³-hybridized carbons (Fsp3) is 0.167. The summed E-state index contributed by atoms with van der Waals surface area (Å²) in [5.41, 5.74) is 1.86. The average Bonchev–Trinajstić information content (AvgIpc) is 3.25. The van der Waals surface area contributed by atoms with E-state index in [1.54, 1.807) is 24.3 Å². The first-order valence-electron chi connectivity index (χ1n) is 7.78. The number of rotatable bonds is 6. The summed E-state index contributed by atoms with van der Waals surface area (Å²) >= 11 is 6.92. The van der Waals surface area contributed by atoms with E-state index in [9.17, 15) is 9.90 Å². The normalized spacial score (nSPS) is 11.7. The van der Waals surface area contributed by atoms with Gasteiger partial charge < -0.3 is 13.9 Å². The van der Waals surface area contributed by atoms with Crippen molar-refractivity contribution >= 4 is 35.4 Å². The number of benzene rings is 1. The molecule has 2 aromatic heterocycles. The van der Waals surface area contributed by atoms with Crippen LogP contribution < -0.4 is 0 Å². The van der Waals surface area contributed by atoms with Crippen molar-refractivity contribution in [3.8, 4) is 11.3 Å². The molecule has 0 saturated carbocycles. The summed E-state index contributed by atoms with van der Waals surface area (Å²) in [5, 5.41) is 17.8. The molecule has 134 valence electrons. The van der Waals surface area contributed by atoms with Crippen LogP contribution >= 0.6 is 23.4 Å². The van der Waals surface area contributed by atoms with Crippen molar-refractivity contribution in [1.29, 1.82) is 0 Å². The van der Waals surface area contributed by atoms with Crippen LogP contribution in [-0.2, 0) is 11.2 Å². The molecule has 0 aliphatic rings. The fourth-order valence-electron chi connectivity index (χ4n) is 2.22. The van der Waals surface area contributed by atoms with Gasteiger partial charge in [-0.3, -0.25) is 0 Å². The smallest absolute Gasteiger partial charge is 0.342 e. The molecule has 8 heteroatoms. The maximum Gasteiger partial charge on any atom is 0.342 e. The third-order valence-corrected chi connectivity index (χ3v) is 4.61. The molecule has 6 nitrogen and oxygen atoms in total. The van der Waals surface area contributed by atoms with Crippen molar-refractivity contribution in [1.82, 2.24) is 10.2 Å². The molecule has 0 aliphatic heterocycles. The fourth-order valence-corrected chi connectivity index (χ4v) is 3.06. The summed E-state index contributed by atoms with van der Waals surface area (Å²) in [6.45, 7) is 3.82. The van der Waals surface area contributed by atoms with Crippen molar-refractivity contribution < 1.29 is 18.7 Å². The molecule has 3 aromatic rings. The number of halogens is 1. The Kier molecular flexibility index (Phi) is 5.49. The quantitative estimate of drug-likeness (QED) is 0.464. The van der Waals surface area contributed by atoms with Crippen LogP contribution in [0.4, 0.5) is 0 Å². The Morgan fingerprint density at radius 1 is 1.27 bits per heavy atom. The highest BCUT2D eigenvalue weighted by Gasteiger charge is 2.16. The molecule has 0 bridgehead atoms. The highest BCUT2D eigenvalue weighted by Crippen LogP contribution is 2.31. The largest absolute Gasteiger partial charge is 0.477 e. The number of aromatic nitrogens is 2. The van der Waals surface area contributed by atoms with Crippen LogP contribution in [-0.4, -0.2) is 21.3 Å². The van der Waals surface area contributed by atoms with Gasteiger partial charge in [-0.05, 0) is 48.5 Å². The minimum absolute atomic E-state index is 0.0139. The van der Waals surface area contributed by atoms with Gasteiger partial charge in [0.2, 0.25) is 5.89 Å². The van der Waals surface area contributed by atoms with Gasteiger partial charge in [-0.2, -0.15) is 0 Å². The predicted octanol–water partition coefficient (Wildman–Crippen LogP) is 5.07. The molecular formula is C18H15ClN2O4S. The van der Waals surface area contributed by atoms with Crippen LogP contribution in [0.5, 0.6) is 0 Å². The van der Waals surface area contributed by atoms with E-state index in [2.05, 4.69) is 10.2 Å². The summed E-state index contributed by atoms with van der Waals surface area (Å²) in [7, 11) is 0. The maximum absolute atomic E-state index is 11.5.